The molecule has 2 N–H and O–H groups in total. The number of allylic oxidation sites excluding steroid dienone is 1. The van der Waals surface area contributed by atoms with Crippen LogP contribution in [0, 0.1) is 22.7 Å². The monoisotopic (exact) mass is 498 g/mol. The highest BCUT2D eigenvalue weighted by Crippen LogP contribution is 2.61. The first kappa shape index (κ1) is 22.6. The number of hydrogen-bond acceptors (Lipinski definition) is 3. The maximum atomic E-state index is 4.78. The van der Waals surface area contributed by atoms with E-state index < -0.39 is 0 Å². The lowest BCUT2D eigenvalue weighted by molar-refractivity contribution is 0.519. The number of benzene rings is 2. The third kappa shape index (κ3) is 4.24. The molecule has 8 rings (SSSR count). The first-order valence-corrected chi connectivity index (χ1v) is 14.4. The van der Waals surface area contributed by atoms with Gasteiger partial charge in [0.15, 0.2) is 0 Å². The number of imidazole rings is 1. The third-order valence-electron chi connectivity index (χ3n) is 9.92. The standard InChI is InChI=1S/C34H34N4/c1(23-3-7-25(8-4-23)28-17-29(35-20-28)30-19-34(15-16-34)22-37-30)2-24-5-9-26(10-6-24)31-21-36-32(38-31)27-11-12-33(18-27)13-14-33/h3-10,20-21,27,30,37H,11-19,22H2,(H,36,38)/t27-,30-/m0/s1. The largest absolute Gasteiger partial charge is 0.342 e. The fraction of sp³-hybridized carbons (Fsp3) is 0.412. The van der Waals surface area contributed by atoms with Crippen molar-refractivity contribution in [3.8, 4) is 23.1 Å². The molecular formula is C34H34N4. The second-order valence-electron chi connectivity index (χ2n) is 12.6. The molecule has 0 amide bonds. The van der Waals surface area contributed by atoms with Crippen LogP contribution in [0.3, 0.4) is 0 Å². The summed E-state index contributed by atoms with van der Waals surface area (Å²) in [6.45, 7) is 1.17. The average molecular weight is 499 g/mol. The third-order valence-corrected chi connectivity index (χ3v) is 9.92. The molecule has 38 heavy (non-hydrogen) atoms. The topological polar surface area (TPSA) is 53.1 Å². The summed E-state index contributed by atoms with van der Waals surface area (Å²) < 4.78 is 0. The normalized spacial score (nSPS) is 25.8. The van der Waals surface area contributed by atoms with E-state index in [1.807, 2.05) is 6.20 Å². The summed E-state index contributed by atoms with van der Waals surface area (Å²) in [7, 11) is 0. The summed E-state index contributed by atoms with van der Waals surface area (Å²) in [6.07, 6.45) is 15.9. The first-order valence-electron chi connectivity index (χ1n) is 14.4. The van der Waals surface area contributed by atoms with E-state index in [0.29, 0.717) is 22.8 Å². The Kier molecular flexibility index (Phi) is 5.07. The summed E-state index contributed by atoms with van der Waals surface area (Å²) in [5.41, 5.74) is 9.50. The molecule has 2 aromatic carbocycles. The van der Waals surface area contributed by atoms with Gasteiger partial charge in [0.2, 0.25) is 0 Å². The summed E-state index contributed by atoms with van der Waals surface area (Å²) in [5, 5.41) is 3.71. The quantitative estimate of drug-likeness (QED) is 0.387. The molecule has 5 aliphatic rings. The van der Waals surface area contributed by atoms with E-state index in [2.05, 4.69) is 76.9 Å². The smallest absolute Gasteiger partial charge is 0.109 e. The second kappa shape index (κ2) is 8.55. The molecule has 3 aromatic rings. The summed E-state index contributed by atoms with van der Waals surface area (Å²) >= 11 is 0. The highest BCUT2D eigenvalue weighted by Gasteiger charge is 2.50. The van der Waals surface area contributed by atoms with Crippen LogP contribution < -0.4 is 5.32 Å². The maximum Gasteiger partial charge on any atom is 0.109 e. The molecule has 3 aliphatic carbocycles. The van der Waals surface area contributed by atoms with Gasteiger partial charge in [-0.3, -0.25) is 4.99 Å². The molecule has 1 aromatic heterocycles. The maximum absolute atomic E-state index is 4.78. The lowest BCUT2D eigenvalue weighted by Gasteiger charge is -2.11. The van der Waals surface area contributed by atoms with Gasteiger partial charge in [-0.15, -0.1) is 0 Å². The molecule has 2 atom stereocenters. The number of aromatic nitrogens is 2. The van der Waals surface area contributed by atoms with E-state index in [4.69, 9.17) is 9.98 Å². The van der Waals surface area contributed by atoms with Crippen molar-refractivity contribution in [1.82, 2.24) is 15.3 Å². The van der Waals surface area contributed by atoms with Crippen LogP contribution in [0.4, 0.5) is 0 Å². The molecular weight excluding hydrogens is 464 g/mol. The van der Waals surface area contributed by atoms with Gasteiger partial charge in [0.05, 0.1) is 11.9 Å². The number of rotatable bonds is 4. The predicted molar refractivity (Wildman–Crippen MR) is 153 cm³/mol. The van der Waals surface area contributed by atoms with Crippen LogP contribution in [-0.2, 0) is 0 Å². The molecule has 3 heterocycles. The van der Waals surface area contributed by atoms with Crippen LogP contribution in [0.25, 0.3) is 16.8 Å². The van der Waals surface area contributed by atoms with Gasteiger partial charge < -0.3 is 10.3 Å². The van der Waals surface area contributed by atoms with Gasteiger partial charge in [-0.25, -0.2) is 4.98 Å². The fourth-order valence-electron chi connectivity index (χ4n) is 6.95. The molecule has 190 valence electrons. The number of nitrogens with zero attached hydrogens (tertiary/aromatic N) is 2. The summed E-state index contributed by atoms with van der Waals surface area (Å²) in [4.78, 5) is 13.1. The minimum absolute atomic E-state index is 0.472. The van der Waals surface area contributed by atoms with E-state index in [1.54, 1.807) is 0 Å². The van der Waals surface area contributed by atoms with Crippen molar-refractivity contribution < 1.29 is 0 Å². The molecule has 4 nitrogen and oxygen atoms in total. The Morgan fingerprint density at radius 2 is 1.50 bits per heavy atom. The van der Waals surface area contributed by atoms with E-state index >= 15 is 0 Å². The van der Waals surface area contributed by atoms with Crippen molar-refractivity contribution >= 4 is 11.3 Å². The van der Waals surface area contributed by atoms with Crippen LogP contribution in [0.1, 0.15) is 86.2 Å². The molecule has 2 spiro atoms. The van der Waals surface area contributed by atoms with Crippen molar-refractivity contribution in [3.05, 3.63) is 83.4 Å². The lowest BCUT2D eigenvalue weighted by Crippen LogP contribution is -2.29. The number of H-pyrrole nitrogens is 1. The zero-order valence-electron chi connectivity index (χ0n) is 21.9. The molecule has 0 radical (unpaired) electrons. The van der Waals surface area contributed by atoms with Crippen molar-refractivity contribution in [3.63, 3.8) is 0 Å². The molecule has 0 unspecified atom stereocenters. The Hall–Kier alpha value is -3.42. The molecule has 3 saturated carbocycles. The minimum Gasteiger partial charge on any atom is -0.342 e. The molecule has 2 aliphatic heterocycles. The van der Waals surface area contributed by atoms with E-state index in [9.17, 15) is 0 Å². The van der Waals surface area contributed by atoms with Gasteiger partial charge >= 0.3 is 0 Å². The molecule has 4 heteroatoms. The van der Waals surface area contributed by atoms with E-state index in [-0.39, 0.29) is 0 Å². The number of nitrogens with one attached hydrogen (secondary N) is 2. The Balaban J connectivity index is 0.891. The Labute approximate surface area is 225 Å². The van der Waals surface area contributed by atoms with Crippen LogP contribution >= 0.6 is 0 Å². The van der Waals surface area contributed by atoms with E-state index in [0.717, 1.165) is 23.2 Å². The molecule has 0 bridgehead atoms. The van der Waals surface area contributed by atoms with Crippen LogP contribution in [-0.4, -0.2) is 28.3 Å². The van der Waals surface area contributed by atoms with Crippen molar-refractivity contribution in [1.29, 1.82) is 0 Å². The van der Waals surface area contributed by atoms with E-state index in [1.165, 1.54) is 86.1 Å². The number of aliphatic imine (C=N–C) groups is 1. The fourth-order valence-corrected chi connectivity index (χ4v) is 6.95. The molecule has 4 fully saturated rings. The lowest BCUT2D eigenvalue weighted by atomic mass is 9.95. The van der Waals surface area contributed by atoms with Gasteiger partial charge in [-0.05, 0) is 103 Å². The Morgan fingerprint density at radius 1 is 0.789 bits per heavy atom. The van der Waals surface area contributed by atoms with Crippen LogP contribution in [0.2, 0.25) is 0 Å². The molecule has 1 saturated heterocycles. The summed E-state index contributed by atoms with van der Waals surface area (Å²) in [6, 6.07) is 17.6. The van der Waals surface area contributed by atoms with Gasteiger partial charge in [0, 0.05) is 48.0 Å². The van der Waals surface area contributed by atoms with Gasteiger partial charge in [0.25, 0.3) is 0 Å². The Bertz CT molecular complexity index is 1500. The van der Waals surface area contributed by atoms with Gasteiger partial charge in [-0.1, -0.05) is 36.1 Å². The van der Waals surface area contributed by atoms with Crippen molar-refractivity contribution in [2.24, 2.45) is 15.8 Å². The SMILES string of the molecule is C(#Cc1ccc(-c2cnc([C@H]3CCC4(CC4)C3)[nH]2)cc1)c1ccc(C2=CN=C([C@@H]3CC4(CC4)CN3)C2)cc1. The first-order chi connectivity index (χ1) is 18.6. The zero-order chi connectivity index (χ0) is 25.2. The zero-order valence-corrected chi connectivity index (χ0v) is 21.9. The van der Waals surface area contributed by atoms with Crippen LogP contribution in [0.15, 0.2) is 65.9 Å². The minimum atomic E-state index is 0.472. The highest BCUT2D eigenvalue weighted by molar-refractivity contribution is 6.01. The summed E-state index contributed by atoms with van der Waals surface area (Å²) in [5.74, 6) is 8.45. The number of hydrogen-bond donors (Lipinski definition) is 2. The van der Waals surface area contributed by atoms with Crippen LogP contribution in [0.5, 0.6) is 0 Å². The Morgan fingerprint density at radius 3 is 2.16 bits per heavy atom. The predicted octanol–water partition coefficient (Wildman–Crippen LogP) is 6.85. The van der Waals surface area contributed by atoms with Crippen molar-refractivity contribution in [2.75, 3.05) is 6.54 Å². The van der Waals surface area contributed by atoms with Gasteiger partial charge in [0.1, 0.15) is 5.82 Å². The average Bonchev–Trinajstić information content (AvgIpc) is 3.50. The van der Waals surface area contributed by atoms with Crippen molar-refractivity contribution in [2.45, 2.75) is 69.7 Å². The highest BCUT2D eigenvalue weighted by atomic mass is 15.0. The van der Waals surface area contributed by atoms with Gasteiger partial charge in [-0.2, -0.15) is 0 Å². The number of aromatic amines is 1. The second-order valence-corrected chi connectivity index (χ2v) is 12.6.